The largest absolute Gasteiger partial charge is 0.433 e. The first-order chi connectivity index (χ1) is 19.1. The quantitative estimate of drug-likeness (QED) is 0.340. The second-order valence-electron chi connectivity index (χ2n) is 11.4. The molecule has 3 aromatic rings. The normalized spacial score (nSPS) is 23.6. The highest BCUT2D eigenvalue weighted by Crippen LogP contribution is 2.57. The van der Waals surface area contributed by atoms with E-state index in [-0.39, 0.29) is 53.8 Å². The summed E-state index contributed by atoms with van der Waals surface area (Å²) >= 11 is 1.22. The van der Waals surface area contributed by atoms with Crippen LogP contribution in [0.15, 0.2) is 24.4 Å². The van der Waals surface area contributed by atoms with Gasteiger partial charge in [0.1, 0.15) is 18.2 Å². The van der Waals surface area contributed by atoms with E-state index in [0.29, 0.717) is 15.1 Å². The molecule has 1 saturated carbocycles. The van der Waals surface area contributed by atoms with Gasteiger partial charge in [-0.15, -0.1) is 11.3 Å². The second-order valence-corrected chi connectivity index (χ2v) is 12.5. The summed E-state index contributed by atoms with van der Waals surface area (Å²) in [5, 5.41) is 0. The number of nitrogens with two attached hydrogens (primary N) is 1. The number of hydrogen-bond donors (Lipinski definition) is 1. The summed E-state index contributed by atoms with van der Waals surface area (Å²) in [5.41, 5.74) is 4.71. The smallest absolute Gasteiger partial charge is 0.340 e. The molecule has 5 rings (SSSR count). The lowest BCUT2D eigenvalue weighted by atomic mass is 9.99. The molecule has 4 atom stereocenters. The summed E-state index contributed by atoms with van der Waals surface area (Å²) in [6.45, 7) is 4.98. The van der Waals surface area contributed by atoms with Gasteiger partial charge in [-0.05, 0) is 36.1 Å². The van der Waals surface area contributed by atoms with E-state index in [9.17, 15) is 31.9 Å². The monoisotopic (exact) mass is 591 g/mol. The number of aryl methyl sites for hydroxylation is 1. The average Bonchev–Trinajstić information content (AvgIpc) is 3.14. The van der Waals surface area contributed by atoms with Crippen molar-refractivity contribution in [3.8, 4) is 11.3 Å². The number of nitrogens with zero attached hydrogens (tertiary/aromatic N) is 4. The highest BCUT2D eigenvalue weighted by Gasteiger charge is 2.62. The van der Waals surface area contributed by atoms with Crippen LogP contribution in [0.5, 0.6) is 0 Å². The molecule has 4 heterocycles. The molecular formula is C28H29F4N5O3S. The van der Waals surface area contributed by atoms with Crippen molar-refractivity contribution in [3.63, 3.8) is 0 Å². The summed E-state index contributed by atoms with van der Waals surface area (Å²) in [4.78, 5) is 49.6. The molecule has 2 fully saturated rings. The molecule has 1 saturated heterocycles. The molecule has 2 amide bonds. The van der Waals surface area contributed by atoms with Gasteiger partial charge in [-0.2, -0.15) is 13.2 Å². The average molecular weight is 592 g/mol. The standard InChI is InChI=1S/C28H29F4N5O3S/c1-13-7-20(28(30,31)32)35-23(21(13)25(39)37-10-17(29)18(33)11-37)15-5-6-34-19-8-14(41-24(15)19)9-36(4)26(40)22-16(12-38)27(22,2)3/h5-8,12,16-18,22H,9-11,33H2,1-4H3. The summed E-state index contributed by atoms with van der Waals surface area (Å²) in [6, 6.07) is 3.15. The van der Waals surface area contributed by atoms with E-state index in [1.165, 1.54) is 40.3 Å². The van der Waals surface area contributed by atoms with Crippen molar-refractivity contribution in [2.75, 3.05) is 20.1 Å². The van der Waals surface area contributed by atoms with E-state index >= 15 is 0 Å². The Labute approximate surface area is 237 Å². The van der Waals surface area contributed by atoms with E-state index in [4.69, 9.17) is 5.73 Å². The number of likely N-dealkylation sites (tertiary alicyclic amines) is 1. The zero-order valence-electron chi connectivity index (χ0n) is 22.8. The van der Waals surface area contributed by atoms with Crippen LogP contribution in [0.3, 0.4) is 0 Å². The Morgan fingerprint density at radius 1 is 1.27 bits per heavy atom. The molecule has 41 heavy (non-hydrogen) atoms. The summed E-state index contributed by atoms with van der Waals surface area (Å²) < 4.78 is 56.1. The fourth-order valence-electron chi connectivity index (χ4n) is 5.60. The van der Waals surface area contributed by atoms with Crippen molar-refractivity contribution >= 4 is 39.7 Å². The van der Waals surface area contributed by atoms with Crippen LogP contribution in [0.4, 0.5) is 17.6 Å². The Morgan fingerprint density at radius 2 is 1.98 bits per heavy atom. The maximum Gasteiger partial charge on any atom is 0.433 e. The van der Waals surface area contributed by atoms with Crippen LogP contribution in [0.1, 0.15) is 40.3 Å². The highest BCUT2D eigenvalue weighted by atomic mass is 32.1. The predicted molar refractivity (Wildman–Crippen MR) is 145 cm³/mol. The number of fused-ring (bicyclic) bond motifs is 1. The molecule has 3 aromatic heterocycles. The number of alkyl halides is 4. The van der Waals surface area contributed by atoms with Crippen LogP contribution in [0, 0.1) is 24.2 Å². The number of aldehydes is 1. The fourth-order valence-corrected chi connectivity index (χ4v) is 6.78. The number of pyridine rings is 2. The lowest BCUT2D eigenvalue weighted by molar-refractivity contribution is -0.141. The molecule has 2 N–H and O–H groups in total. The van der Waals surface area contributed by atoms with Gasteiger partial charge in [-0.3, -0.25) is 14.6 Å². The van der Waals surface area contributed by atoms with Crippen LogP contribution in [0.25, 0.3) is 21.5 Å². The van der Waals surface area contributed by atoms with Gasteiger partial charge in [-0.1, -0.05) is 13.8 Å². The van der Waals surface area contributed by atoms with E-state index in [1.54, 1.807) is 13.1 Å². The van der Waals surface area contributed by atoms with Crippen molar-refractivity contribution in [1.82, 2.24) is 19.8 Å². The van der Waals surface area contributed by atoms with Gasteiger partial charge in [0, 0.05) is 36.1 Å². The first-order valence-corrected chi connectivity index (χ1v) is 13.8. The van der Waals surface area contributed by atoms with Crippen molar-refractivity contribution in [3.05, 3.63) is 46.1 Å². The Balaban J connectivity index is 1.55. The predicted octanol–water partition coefficient (Wildman–Crippen LogP) is 4.24. The molecule has 0 radical (unpaired) electrons. The lowest BCUT2D eigenvalue weighted by Crippen LogP contribution is -2.33. The Hall–Kier alpha value is -3.45. The van der Waals surface area contributed by atoms with Gasteiger partial charge in [0.05, 0.1) is 46.5 Å². The first kappa shape index (κ1) is 29.1. The van der Waals surface area contributed by atoms with Crippen LogP contribution in [-0.2, 0) is 22.3 Å². The molecule has 0 bridgehead atoms. The molecule has 218 valence electrons. The molecular weight excluding hydrogens is 562 g/mol. The fraction of sp³-hybridized carbons (Fsp3) is 0.464. The van der Waals surface area contributed by atoms with Gasteiger partial charge >= 0.3 is 6.18 Å². The molecule has 1 aliphatic carbocycles. The maximum absolute atomic E-state index is 14.2. The number of amides is 2. The minimum Gasteiger partial charge on any atom is -0.340 e. The Bertz CT molecular complexity index is 1550. The topological polar surface area (TPSA) is 109 Å². The lowest BCUT2D eigenvalue weighted by Gasteiger charge is -2.21. The van der Waals surface area contributed by atoms with Crippen molar-refractivity contribution in [2.24, 2.45) is 23.0 Å². The molecule has 2 aliphatic rings. The molecule has 0 aromatic carbocycles. The van der Waals surface area contributed by atoms with Crippen LogP contribution >= 0.6 is 11.3 Å². The minimum atomic E-state index is -4.77. The maximum atomic E-state index is 14.2. The number of hydrogen-bond acceptors (Lipinski definition) is 7. The third-order valence-corrected chi connectivity index (χ3v) is 9.25. The van der Waals surface area contributed by atoms with E-state index in [1.807, 2.05) is 13.8 Å². The van der Waals surface area contributed by atoms with Crippen molar-refractivity contribution in [2.45, 2.75) is 45.7 Å². The number of halogens is 4. The highest BCUT2D eigenvalue weighted by molar-refractivity contribution is 7.19. The molecule has 8 nitrogen and oxygen atoms in total. The Morgan fingerprint density at radius 3 is 2.56 bits per heavy atom. The molecule has 13 heteroatoms. The molecule has 0 spiro atoms. The third-order valence-electron chi connectivity index (χ3n) is 8.11. The van der Waals surface area contributed by atoms with E-state index in [2.05, 4.69) is 9.97 Å². The number of carbonyl (C=O) groups excluding carboxylic acids is 3. The summed E-state index contributed by atoms with van der Waals surface area (Å²) in [5.74, 6) is -1.59. The van der Waals surface area contributed by atoms with Gasteiger partial charge in [0.25, 0.3) is 5.91 Å². The SMILES string of the molecule is Cc1cc(C(F)(F)F)nc(-c2ccnc3cc(CN(C)C(=O)C4C(C=O)C4(C)C)sc23)c1C(=O)N1CC(N)C(F)C1. The van der Waals surface area contributed by atoms with Gasteiger partial charge in [0.15, 0.2) is 0 Å². The minimum absolute atomic E-state index is 0.0482. The van der Waals surface area contributed by atoms with E-state index in [0.717, 1.165) is 12.4 Å². The van der Waals surface area contributed by atoms with E-state index < -0.39 is 41.3 Å². The Kier molecular flexibility index (Phi) is 7.17. The number of thiophene rings is 1. The van der Waals surface area contributed by atoms with Gasteiger partial charge in [-0.25, -0.2) is 9.37 Å². The number of rotatable bonds is 6. The van der Waals surface area contributed by atoms with Crippen LogP contribution < -0.4 is 5.73 Å². The second kappa shape index (κ2) is 10.1. The third kappa shape index (κ3) is 5.09. The first-order valence-electron chi connectivity index (χ1n) is 13.0. The van der Waals surface area contributed by atoms with Crippen molar-refractivity contribution < 1.29 is 31.9 Å². The van der Waals surface area contributed by atoms with Gasteiger partial charge in [0.2, 0.25) is 5.91 Å². The summed E-state index contributed by atoms with van der Waals surface area (Å²) in [7, 11) is 1.63. The number of carbonyl (C=O) groups is 3. The van der Waals surface area contributed by atoms with Crippen LogP contribution in [0.2, 0.25) is 0 Å². The molecule has 1 aliphatic heterocycles. The van der Waals surface area contributed by atoms with Gasteiger partial charge < -0.3 is 20.3 Å². The molecule has 4 unspecified atom stereocenters. The van der Waals surface area contributed by atoms with Crippen molar-refractivity contribution in [1.29, 1.82) is 0 Å². The number of aromatic nitrogens is 2. The summed E-state index contributed by atoms with van der Waals surface area (Å²) in [6.07, 6.45) is -3.99. The van der Waals surface area contributed by atoms with Crippen LogP contribution in [-0.4, -0.2) is 70.2 Å². The zero-order valence-corrected chi connectivity index (χ0v) is 23.6. The zero-order chi connectivity index (χ0) is 30.0.